The number of aromatic nitrogens is 2. The molecule has 0 amide bonds. The molecule has 0 atom stereocenters. The van der Waals surface area contributed by atoms with Gasteiger partial charge in [0, 0.05) is 5.38 Å². The number of thiophene rings is 1. The van der Waals surface area contributed by atoms with Crippen LogP contribution in [0.5, 0.6) is 0 Å². The van der Waals surface area contributed by atoms with Gasteiger partial charge in [0.05, 0.1) is 10.6 Å². The molecule has 0 spiro atoms. The minimum Gasteiger partial charge on any atom is -0.378 e. The highest BCUT2D eigenvalue weighted by molar-refractivity contribution is 7.08. The summed E-state index contributed by atoms with van der Waals surface area (Å²) in [6, 6.07) is 1.78. The minimum absolute atomic E-state index is 0.0934. The summed E-state index contributed by atoms with van der Waals surface area (Å²) in [5.41, 5.74) is 5.84. The number of nitrogens with zero attached hydrogens (tertiary/aromatic N) is 3. The Bertz CT molecular complexity index is 513. The van der Waals surface area contributed by atoms with Crippen molar-refractivity contribution in [3.63, 3.8) is 0 Å². The van der Waals surface area contributed by atoms with Crippen molar-refractivity contribution in [1.82, 2.24) is 9.97 Å². The molecule has 0 radical (unpaired) electrons. The summed E-state index contributed by atoms with van der Waals surface area (Å²) in [7, 11) is 0. The Labute approximate surface area is 94.1 Å². The van der Waals surface area contributed by atoms with Gasteiger partial charge in [-0.1, -0.05) is 0 Å². The van der Waals surface area contributed by atoms with E-state index in [9.17, 15) is 10.1 Å². The van der Waals surface area contributed by atoms with Crippen LogP contribution in [0, 0.1) is 10.1 Å². The molecular formula is C8H7N5O2S. The molecule has 0 unspecified atom stereocenters. The first-order valence-electron chi connectivity index (χ1n) is 4.22. The fraction of sp³-hybridized carbons (Fsp3) is 0. The second-order valence-corrected chi connectivity index (χ2v) is 3.63. The van der Waals surface area contributed by atoms with Crippen molar-refractivity contribution in [2.45, 2.75) is 0 Å². The molecule has 3 N–H and O–H groups in total. The van der Waals surface area contributed by atoms with Gasteiger partial charge in [-0.05, 0) is 11.4 Å². The predicted molar refractivity (Wildman–Crippen MR) is 60.7 cm³/mol. The maximum Gasteiger partial charge on any atom is 0.353 e. The summed E-state index contributed by atoms with van der Waals surface area (Å²) in [5, 5.41) is 17.2. The fourth-order valence-corrected chi connectivity index (χ4v) is 1.72. The van der Waals surface area contributed by atoms with Crippen molar-refractivity contribution < 1.29 is 4.92 Å². The quantitative estimate of drug-likeness (QED) is 0.622. The third-order valence-electron chi connectivity index (χ3n) is 1.82. The van der Waals surface area contributed by atoms with E-state index in [2.05, 4.69) is 15.3 Å². The summed E-state index contributed by atoms with van der Waals surface area (Å²) in [6.07, 6.45) is 1.18. The number of nitrogens with one attached hydrogen (secondary N) is 1. The molecule has 82 valence electrons. The number of nitro groups is 1. The first-order valence-corrected chi connectivity index (χ1v) is 5.17. The Morgan fingerprint density at radius 3 is 2.94 bits per heavy atom. The summed E-state index contributed by atoms with van der Waals surface area (Å²) >= 11 is 1.47. The normalized spacial score (nSPS) is 10.0. The zero-order valence-corrected chi connectivity index (χ0v) is 8.77. The van der Waals surface area contributed by atoms with Crippen LogP contribution in [0.15, 0.2) is 23.2 Å². The van der Waals surface area contributed by atoms with Gasteiger partial charge in [-0.3, -0.25) is 10.1 Å². The van der Waals surface area contributed by atoms with Crippen LogP contribution in [0.25, 0.3) is 0 Å². The smallest absolute Gasteiger partial charge is 0.353 e. The topological polar surface area (TPSA) is 107 Å². The highest BCUT2D eigenvalue weighted by atomic mass is 32.1. The Morgan fingerprint density at radius 1 is 1.50 bits per heavy atom. The van der Waals surface area contributed by atoms with Crippen LogP contribution in [0.2, 0.25) is 0 Å². The molecule has 0 fully saturated rings. The number of anilines is 3. The molecule has 16 heavy (non-hydrogen) atoms. The van der Waals surface area contributed by atoms with E-state index in [1.165, 1.54) is 17.7 Å². The lowest BCUT2D eigenvalue weighted by Gasteiger charge is -2.04. The fourth-order valence-electron chi connectivity index (χ4n) is 1.14. The summed E-state index contributed by atoms with van der Waals surface area (Å²) in [4.78, 5) is 17.5. The Hall–Kier alpha value is -2.22. The van der Waals surface area contributed by atoms with Gasteiger partial charge >= 0.3 is 5.69 Å². The Balaban J connectivity index is 2.40. The molecule has 7 nitrogen and oxygen atoms in total. The van der Waals surface area contributed by atoms with Crippen molar-refractivity contribution in [1.29, 1.82) is 0 Å². The number of hydrogen-bond acceptors (Lipinski definition) is 7. The van der Waals surface area contributed by atoms with Gasteiger partial charge in [0.25, 0.3) is 0 Å². The van der Waals surface area contributed by atoms with Crippen LogP contribution < -0.4 is 11.1 Å². The summed E-state index contributed by atoms with van der Waals surface area (Å²) in [6.45, 7) is 0. The van der Waals surface area contributed by atoms with E-state index in [4.69, 9.17) is 5.73 Å². The molecule has 0 bridgehead atoms. The van der Waals surface area contributed by atoms with E-state index in [1.54, 1.807) is 6.07 Å². The maximum atomic E-state index is 10.8. The van der Waals surface area contributed by atoms with Crippen molar-refractivity contribution in [2.24, 2.45) is 0 Å². The SMILES string of the molecule is Nc1ncnc(Nc2ccsc2)c1[N+](=O)[O-]. The average Bonchev–Trinajstić information content (AvgIpc) is 2.70. The number of nitrogen functional groups attached to an aromatic ring is 1. The molecule has 0 saturated heterocycles. The van der Waals surface area contributed by atoms with Crippen LogP contribution in [0.4, 0.5) is 23.0 Å². The van der Waals surface area contributed by atoms with Crippen molar-refractivity contribution in [3.8, 4) is 0 Å². The van der Waals surface area contributed by atoms with Crippen LogP contribution in [-0.4, -0.2) is 14.9 Å². The highest BCUT2D eigenvalue weighted by Gasteiger charge is 2.20. The van der Waals surface area contributed by atoms with Crippen LogP contribution in [0.3, 0.4) is 0 Å². The van der Waals surface area contributed by atoms with Crippen molar-refractivity contribution in [2.75, 3.05) is 11.1 Å². The second-order valence-electron chi connectivity index (χ2n) is 2.85. The first kappa shape index (κ1) is 10.3. The third-order valence-corrected chi connectivity index (χ3v) is 2.50. The minimum atomic E-state index is -0.607. The third kappa shape index (κ3) is 1.91. The van der Waals surface area contributed by atoms with E-state index in [-0.39, 0.29) is 17.3 Å². The molecule has 8 heteroatoms. The first-order chi connectivity index (χ1) is 7.68. The van der Waals surface area contributed by atoms with E-state index in [1.807, 2.05) is 10.8 Å². The number of hydrogen-bond donors (Lipinski definition) is 2. The lowest BCUT2D eigenvalue weighted by Crippen LogP contribution is -2.04. The van der Waals surface area contributed by atoms with Gasteiger partial charge in [0.1, 0.15) is 6.33 Å². The zero-order chi connectivity index (χ0) is 11.5. The van der Waals surface area contributed by atoms with E-state index in [0.717, 1.165) is 5.69 Å². The van der Waals surface area contributed by atoms with Gasteiger partial charge in [-0.2, -0.15) is 11.3 Å². The van der Waals surface area contributed by atoms with Crippen molar-refractivity contribution >= 4 is 34.3 Å². The Kier molecular flexibility index (Phi) is 2.64. The second kappa shape index (κ2) is 4.11. The largest absolute Gasteiger partial charge is 0.378 e. The molecule has 0 aliphatic rings. The van der Waals surface area contributed by atoms with Gasteiger partial charge in [0.2, 0.25) is 11.6 Å². The van der Waals surface area contributed by atoms with Gasteiger partial charge in [-0.25, -0.2) is 9.97 Å². The maximum absolute atomic E-state index is 10.8. The predicted octanol–water partition coefficient (Wildman–Crippen LogP) is 1.77. The monoisotopic (exact) mass is 237 g/mol. The molecule has 0 saturated carbocycles. The van der Waals surface area contributed by atoms with Gasteiger partial charge < -0.3 is 11.1 Å². The van der Waals surface area contributed by atoms with Crippen LogP contribution in [0.1, 0.15) is 0 Å². The molecule has 0 aliphatic heterocycles. The molecule has 2 aromatic rings. The number of rotatable bonds is 3. The van der Waals surface area contributed by atoms with Gasteiger partial charge in [-0.15, -0.1) is 0 Å². The van der Waals surface area contributed by atoms with E-state index < -0.39 is 4.92 Å². The van der Waals surface area contributed by atoms with Crippen LogP contribution in [-0.2, 0) is 0 Å². The molecule has 0 aliphatic carbocycles. The molecule has 2 rings (SSSR count). The molecular weight excluding hydrogens is 230 g/mol. The van der Waals surface area contributed by atoms with E-state index in [0.29, 0.717) is 0 Å². The summed E-state index contributed by atoms with van der Waals surface area (Å²) in [5.74, 6) is -0.0615. The van der Waals surface area contributed by atoms with Crippen LogP contribution >= 0.6 is 11.3 Å². The molecule has 2 aromatic heterocycles. The number of nitrogens with two attached hydrogens (primary N) is 1. The van der Waals surface area contributed by atoms with Crippen molar-refractivity contribution in [3.05, 3.63) is 33.3 Å². The van der Waals surface area contributed by atoms with E-state index >= 15 is 0 Å². The highest BCUT2D eigenvalue weighted by Crippen LogP contribution is 2.29. The standard InChI is InChI=1S/C8H7N5O2S/c9-7-6(13(14)15)8(11-4-10-7)12-5-1-2-16-3-5/h1-4H,(H3,9,10,11,12). The summed E-state index contributed by atoms with van der Waals surface area (Å²) < 4.78 is 0. The molecule has 0 aromatic carbocycles. The van der Waals surface area contributed by atoms with Gasteiger partial charge in [0.15, 0.2) is 0 Å². The lowest BCUT2D eigenvalue weighted by molar-refractivity contribution is -0.383. The lowest BCUT2D eigenvalue weighted by atomic mass is 10.4. The zero-order valence-electron chi connectivity index (χ0n) is 7.95. The average molecular weight is 237 g/mol. The molecule has 2 heterocycles. The Morgan fingerprint density at radius 2 is 2.31 bits per heavy atom.